The van der Waals surface area contributed by atoms with Crippen molar-refractivity contribution >= 4 is 23.2 Å². The number of amides is 1. The van der Waals surface area contributed by atoms with Crippen molar-refractivity contribution in [2.75, 3.05) is 47.5 Å². The molecule has 2 atom stereocenters. The Balaban J connectivity index is 2.36. The van der Waals surface area contributed by atoms with E-state index in [2.05, 4.69) is 22.5 Å². The second-order valence-corrected chi connectivity index (χ2v) is 7.44. The number of hydrogen-bond acceptors (Lipinski definition) is 5. The van der Waals surface area contributed by atoms with E-state index in [9.17, 15) is 4.79 Å². The standard InChI is InChI=1S/C21H33N3O4S/c1-6-8-9-23-20(25)16-13-24(21(29)22-7-2)12-15(16)14-10-17(26-3)19(28-5)18(11-14)27-4/h10-11,15-16H,6-9,12-13H2,1-5H3,(H,22,29)(H,23,25). The highest BCUT2D eigenvalue weighted by Gasteiger charge is 2.40. The minimum absolute atomic E-state index is 0.0399. The van der Waals surface area contributed by atoms with Gasteiger partial charge in [-0.25, -0.2) is 0 Å². The van der Waals surface area contributed by atoms with E-state index in [4.69, 9.17) is 26.4 Å². The Kier molecular flexibility index (Phi) is 8.82. The molecule has 1 aromatic rings. The molecule has 162 valence electrons. The Labute approximate surface area is 179 Å². The number of ether oxygens (including phenoxy) is 3. The van der Waals surface area contributed by atoms with Gasteiger partial charge in [-0.1, -0.05) is 13.3 Å². The fourth-order valence-corrected chi connectivity index (χ4v) is 3.96. The number of methoxy groups -OCH3 is 3. The number of likely N-dealkylation sites (tertiary alicyclic amines) is 1. The monoisotopic (exact) mass is 423 g/mol. The number of unbranched alkanes of at least 4 members (excludes halogenated alkanes) is 1. The van der Waals surface area contributed by atoms with Crippen LogP contribution in [0.2, 0.25) is 0 Å². The van der Waals surface area contributed by atoms with Crippen LogP contribution in [0.25, 0.3) is 0 Å². The molecule has 1 aliphatic heterocycles. The summed E-state index contributed by atoms with van der Waals surface area (Å²) in [6.45, 7) is 6.77. The highest BCUT2D eigenvalue weighted by molar-refractivity contribution is 7.80. The van der Waals surface area contributed by atoms with Crippen LogP contribution in [0.3, 0.4) is 0 Å². The molecule has 2 unspecified atom stereocenters. The Morgan fingerprint density at radius 2 is 1.76 bits per heavy atom. The molecule has 1 amide bonds. The smallest absolute Gasteiger partial charge is 0.225 e. The lowest BCUT2D eigenvalue weighted by molar-refractivity contribution is -0.124. The van der Waals surface area contributed by atoms with Crippen LogP contribution in [0.4, 0.5) is 0 Å². The van der Waals surface area contributed by atoms with E-state index < -0.39 is 0 Å². The van der Waals surface area contributed by atoms with Gasteiger partial charge in [0, 0.05) is 32.1 Å². The number of carbonyl (C=O) groups excluding carboxylic acids is 1. The summed E-state index contributed by atoms with van der Waals surface area (Å²) in [4.78, 5) is 15.0. The third-order valence-electron chi connectivity index (χ3n) is 5.22. The van der Waals surface area contributed by atoms with E-state index in [0.29, 0.717) is 42.0 Å². The summed E-state index contributed by atoms with van der Waals surface area (Å²) in [5.74, 6) is 1.51. The van der Waals surface area contributed by atoms with Gasteiger partial charge in [-0.3, -0.25) is 4.79 Å². The van der Waals surface area contributed by atoms with Gasteiger partial charge in [0.15, 0.2) is 16.6 Å². The van der Waals surface area contributed by atoms with Crippen LogP contribution in [-0.4, -0.2) is 63.4 Å². The number of nitrogens with one attached hydrogen (secondary N) is 2. The number of benzene rings is 1. The molecule has 0 aliphatic carbocycles. The number of thiocarbonyl (C=S) groups is 1. The molecular formula is C21H33N3O4S. The summed E-state index contributed by atoms with van der Waals surface area (Å²) in [5.41, 5.74) is 0.969. The summed E-state index contributed by atoms with van der Waals surface area (Å²) in [6.07, 6.45) is 2.00. The van der Waals surface area contributed by atoms with Gasteiger partial charge >= 0.3 is 0 Å². The number of rotatable bonds is 9. The molecule has 1 fully saturated rings. The van der Waals surface area contributed by atoms with E-state index in [1.807, 2.05) is 19.1 Å². The molecule has 8 heteroatoms. The first kappa shape index (κ1) is 23.1. The number of carbonyl (C=O) groups is 1. The molecule has 0 spiro atoms. The van der Waals surface area contributed by atoms with E-state index in [0.717, 1.165) is 24.9 Å². The van der Waals surface area contributed by atoms with Gasteiger partial charge in [-0.15, -0.1) is 0 Å². The summed E-state index contributed by atoms with van der Waals surface area (Å²) in [7, 11) is 4.77. The first-order valence-corrected chi connectivity index (χ1v) is 10.5. The zero-order valence-electron chi connectivity index (χ0n) is 18.0. The molecule has 1 aromatic carbocycles. The van der Waals surface area contributed by atoms with E-state index in [1.165, 1.54) is 0 Å². The molecular weight excluding hydrogens is 390 g/mol. The quantitative estimate of drug-likeness (QED) is 0.467. The fraction of sp³-hybridized carbons (Fsp3) is 0.619. The van der Waals surface area contributed by atoms with Crippen molar-refractivity contribution in [1.82, 2.24) is 15.5 Å². The molecule has 7 nitrogen and oxygen atoms in total. The van der Waals surface area contributed by atoms with Gasteiger partial charge in [0.25, 0.3) is 0 Å². The number of nitrogens with zero attached hydrogens (tertiary/aromatic N) is 1. The largest absolute Gasteiger partial charge is 0.493 e. The highest BCUT2D eigenvalue weighted by Crippen LogP contribution is 2.43. The van der Waals surface area contributed by atoms with Crippen molar-refractivity contribution in [3.63, 3.8) is 0 Å². The molecule has 2 rings (SSSR count). The maximum absolute atomic E-state index is 13.0. The Morgan fingerprint density at radius 3 is 2.28 bits per heavy atom. The second kappa shape index (κ2) is 11.1. The van der Waals surface area contributed by atoms with Crippen LogP contribution in [0.5, 0.6) is 17.2 Å². The normalized spacial score (nSPS) is 18.3. The highest BCUT2D eigenvalue weighted by atomic mass is 32.1. The third-order valence-corrected chi connectivity index (χ3v) is 5.62. The average Bonchev–Trinajstić information content (AvgIpc) is 3.18. The first-order chi connectivity index (χ1) is 14.0. The molecule has 0 aromatic heterocycles. The Hall–Kier alpha value is -2.22. The van der Waals surface area contributed by atoms with Crippen LogP contribution in [0.1, 0.15) is 38.2 Å². The predicted molar refractivity (Wildman–Crippen MR) is 118 cm³/mol. The lowest BCUT2D eigenvalue weighted by atomic mass is 9.88. The van der Waals surface area contributed by atoms with E-state index in [1.54, 1.807) is 21.3 Å². The van der Waals surface area contributed by atoms with Crippen molar-refractivity contribution in [2.24, 2.45) is 5.92 Å². The average molecular weight is 424 g/mol. The van der Waals surface area contributed by atoms with Crippen molar-refractivity contribution in [3.8, 4) is 17.2 Å². The van der Waals surface area contributed by atoms with Gasteiger partial charge in [-0.05, 0) is 43.3 Å². The minimum Gasteiger partial charge on any atom is -0.493 e. The van der Waals surface area contributed by atoms with Crippen LogP contribution < -0.4 is 24.8 Å². The molecule has 1 heterocycles. The first-order valence-electron chi connectivity index (χ1n) is 10.1. The maximum Gasteiger partial charge on any atom is 0.225 e. The minimum atomic E-state index is -0.216. The van der Waals surface area contributed by atoms with Crippen molar-refractivity contribution in [2.45, 2.75) is 32.6 Å². The summed E-state index contributed by atoms with van der Waals surface area (Å²) >= 11 is 5.51. The predicted octanol–water partition coefficient (Wildman–Crippen LogP) is 2.54. The van der Waals surface area contributed by atoms with Crippen LogP contribution in [0, 0.1) is 5.92 Å². The summed E-state index contributed by atoms with van der Waals surface area (Å²) in [6, 6.07) is 3.86. The van der Waals surface area contributed by atoms with E-state index >= 15 is 0 Å². The van der Waals surface area contributed by atoms with Gasteiger partial charge in [0.2, 0.25) is 11.7 Å². The van der Waals surface area contributed by atoms with Crippen LogP contribution in [0.15, 0.2) is 12.1 Å². The van der Waals surface area contributed by atoms with Crippen LogP contribution in [-0.2, 0) is 4.79 Å². The molecule has 0 radical (unpaired) electrons. The van der Waals surface area contributed by atoms with Gasteiger partial charge in [0.1, 0.15) is 0 Å². The van der Waals surface area contributed by atoms with Gasteiger partial charge in [0.05, 0.1) is 27.2 Å². The topological polar surface area (TPSA) is 72.1 Å². The Bertz CT molecular complexity index is 688. The van der Waals surface area contributed by atoms with Crippen molar-refractivity contribution in [1.29, 1.82) is 0 Å². The molecule has 2 N–H and O–H groups in total. The summed E-state index contributed by atoms with van der Waals surface area (Å²) in [5, 5.41) is 6.95. The van der Waals surface area contributed by atoms with Crippen molar-refractivity contribution < 1.29 is 19.0 Å². The summed E-state index contributed by atoms with van der Waals surface area (Å²) < 4.78 is 16.5. The Morgan fingerprint density at radius 1 is 1.10 bits per heavy atom. The zero-order chi connectivity index (χ0) is 21.4. The lowest BCUT2D eigenvalue weighted by Gasteiger charge is -2.21. The number of hydrogen-bond donors (Lipinski definition) is 2. The molecule has 29 heavy (non-hydrogen) atoms. The van der Waals surface area contributed by atoms with Crippen LogP contribution >= 0.6 is 12.2 Å². The van der Waals surface area contributed by atoms with Crippen molar-refractivity contribution in [3.05, 3.63) is 17.7 Å². The fourth-order valence-electron chi connectivity index (χ4n) is 3.67. The molecule has 0 bridgehead atoms. The lowest BCUT2D eigenvalue weighted by Crippen LogP contribution is -2.39. The molecule has 1 aliphatic rings. The maximum atomic E-state index is 13.0. The van der Waals surface area contributed by atoms with E-state index in [-0.39, 0.29) is 17.7 Å². The molecule has 0 saturated carbocycles. The second-order valence-electron chi connectivity index (χ2n) is 7.06. The third kappa shape index (κ3) is 5.44. The zero-order valence-corrected chi connectivity index (χ0v) is 18.9. The SMILES string of the molecule is CCCCNC(=O)C1CN(C(=S)NCC)CC1c1cc(OC)c(OC)c(OC)c1. The van der Waals surface area contributed by atoms with Gasteiger partial charge in [-0.2, -0.15) is 0 Å². The molecule has 1 saturated heterocycles. The van der Waals surface area contributed by atoms with Gasteiger partial charge < -0.3 is 29.7 Å².